The van der Waals surface area contributed by atoms with Crippen LogP contribution in [-0.4, -0.2) is 59.8 Å². The third-order valence-electron chi connectivity index (χ3n) is 5.97. The first-order chi connectivity index (χ1) is 18.9. The van der Waals surface area contributed by atoms with Crippen LogP contribution in [-0.2, 0) is 0 Å². The molecule has 5 N–H and O–H groups in total. The second-order valence-electron chi connectivity index (χ2n) is 11.0. The van der Waals surface area contributed by atoms with Crippen molar-refractivity contribution >= 4 is 39.7 Å². The van der Waals surface area contributed by atoms with E-state index in [-0.39, 0.29) is 18.1 Å². The number of nitrogens with two attached hydrogens (primary N) is 1. The van der Waals surface area contributed by atoms with Crippen LogP contribution in [0.15, 0.2) is 24.5 Å². The highest BCUT2D eigenvalue weighted by molar-refractivity contribution is 5.87. The molecular formula is C28H40FN9O2. The molecule has 0 aliphatic rings. The number of hydrogen-bond acceptors (Lipinski definition) is 11. The van der Waals surface area contributed by atoms with Gasteiger partial charge >= 0.3 is 0 Å². The monoisotopic (exact) mass is 553 g/mol. The molecule has 4 heterocycles. The summed E-state index contributed by atoms with van der Waals surface area (Å²) in [7, 11) is 1.62. The predicted octanol–water partition coefficient (Wildman–Crippen LogP) is 5.04. The minimum absolute atomic E-state index is 0.0382. The quantitative estimate of drug-likeness (QED) is 0.206. The van der Waals surface area contributed by atoms with Gasteiger partial charge in [-0.1, -0.05) is 26.2 Å². The first-order valence-electron chi connectivity index (χ1n) is 13.3. The van der Waals surface area contributed by atoms with Gasteiger partial charge in [0.05, 0.1) is 42.7 Å². The fourth-order valence-corrected chi connectivity index (χ4v) is 4.00. The van der Waals surface area contributed by atoms with Gasteiger partial charge < -0.3 is 26.2 Å². The Hall–Kier alpha value is -3.93. The minimum atomic E-state index is -0.543. The smallest absolute Gasteiger partial charge is 0.222 e. The maximum Gasteiger partial charge on any atom is 0.222 e. The van der Waals surface area contributed by atoms with Gasteiger partial charge in [0, 0.05) is 17.7 Å². The number of aliphatic hydroxyl groups excluding tert-OH is 1. The highest BCUT2D eigenvalue weighted by atomic mass is 19.1. The van der Waals surface area contributed by atoms with Crippen LogP contribution in [0.4, 0.5) is 22.0 Å². The van der Waals surface area contributed by atoms with Crippen molar-refractivity contribution in [2.45, 2.75) is 78.3 Å². The number of unbranched alkanes of at least 4 members (excludes halogenated alkanes) is 2. The van der Waals surface area contributed by atoms with E-state index in [0.29, 0.717) is 28.4 Å². The molecule has 0 radical (unpaired) electrons. The number of aryl methyl sites for hydroxylation is 1. The third kappa shape index (κ3) is 8.28. The van der Waals surface area contributed by atoms with E-state index >= 15 is 0 Å². The van der Waals surface area contributed by atoms with Crippen molar-refractivity contribution in [3.05, 3.63) is 36.2 Å². The number of nitrogens with one attached hydrogen (secondary N) is 2. The van der Waals surface area contributed by atoms with Crippen molar-refractivity contribution < 1.29 is 14.2 Å². The van der Waals surface area contributed by atoms with Crippen LogP contribution in [0.5, 0.6) is 5.75 Å². The maximum absolute atomic E-state index is 13.3. The molecule has 40 heavy (non-hydrogen) atoms. The molecule has 0 aliphatic carbocycles. The summed E-state index contributed by atoms with van der Waals surface area (Å²) in [5.74, 6) is 2.13. The summed E-state index contributed by atoms with van der Waals surface area (Å²) in [5, 5.41) is 16.3. The highest BCUT2D eigenvalue weighted by Crippen LogP contribution is 2.26. The molecule has 0 unspecified atom stereocenters. The molecule has 12 heteroatoms. The van der Waals surface area contributed by atoms with Gasteiger partial charge in [-0.15, -0.1) is 0 Å². The number of nitrogen functional groups attached to an aromatic ring is 1. The maximum atomic E-state index is 13.3. The van der Waals surface area contributed by atoms with E-state index in [1.165, 1.54) is 6.07 Å². The fraction of sp³-hybridized carbons (Fsp3) is 0.500. The lowest BCUT2D eigenvalue weighted by atomic mass is 9.95. The molecule has 4 rings (SSSR count). The van der Waals surface area contributed by atoms with Crippen LogP contribution in [0.25, 0.3) is 22.1 Å². The van der Waals surface area contributed by atoms with Crippen molar-refractivity contribution in [1.29, 1.82) is 0 Å². The number of aliphatic hydroxyl groups is 1. The highest BCUT2D eigenvalue weighted by Gasteiger charge is 2.25. The largest absolute Gasteiger partial charge is 0.495 e. The van der Waals surface area contributed by atoms with Gasteiger partial charge in [-0.05, 0) is 41.0 Å². The van der Waals surface area contributed by atoms with Crippen molar-refractivity contribution in [3.63, 3.8) is 0 Å². The normalized spacial score (nSPS) is 12.9. The summed E-state index contributed by atoms with van der Waals surface area (Å²) >= 11 is 0. The van der Waals surface area contributed by atoms with Gasteiger partial charge in [-0.3, -0.25) is 0 Å². The average molecular weight is 554 g/mol. The van der Waals surface area contributed by atoms with E-state index in [1.807, 2.05) is 19.9 Å². The molecule has 216 valence electrons. The first kappa shape index (κ1) is 30.6. The van der Waals surface area contributed by atoms with Gasteiger partial charge in [0.15, 0.2) is 11.6 Å². The molecule has 0 saturated carbocycles. The first-order valence-corrected chi connectivity index (χ1v) is 13.3. The molecule has 0 aromatic carbocycles. The summed E-state index contributed by atoms with van der Waals surface area (Å²) in [6.07, 6.45) is 6.75. The number of nitrogens with zero attached hydrogens (tertiary/aromatic N) is 6. The van der Waals surface area contributed by atoms with Crippen molar-refractivity contribution in [2.24, 2.45) is 0 Å². The van der Waals surface area contributed by atoms with E-state index < -0.39 is 11.4 Å². The molecule has 1 atom stereocenters. The molecule has 0 saturated heterocycles. The zero-order valence-corrected chi connectivity index (χ0v) is 24.3. The lowest BCUT2D eigenvalue weighted by Gasteiger charge is -2.29. The van der Waals surface area contributed by atoms with Crippen molar-refractivity contribution in [2.75, 3.05) is 30.1 Å². The third-order valence-corrected chi connectivity index (χ3v) is 5.97. The number of aromatic nitrogens is 6. The zero-order valence-electron chi connectivity index (χ0n) is 24.3. The Bertz CT molecular complexity index is 1440. The predicted molar refractivity (Wildman–Crippen MR) is 157 cm³/mol. The molecule has 0 bridgehead atoms. The number of pyridine rings is 2. The molecular weight excluding hydrogens is 513 g/mol. The molecule has 0 spiro atoms. The molecule has 0 aliphatic heterocycles. The lowest BCUT2D eigenvalue weighted by Crippen LogP contribution is -2.39. The van der Waals surface area contributed by atoms with E-state index in [1.54, 1.807) is 13.3 Å². The molecule has 4 aromatic heterocycles. The SMILES string of the molecule is CCCCC[C@@](C)(CO)Nc1nc(N)nc2cc(F)cnc12.COc1cnc2c(NC(C)(C)C)nc(C)nc2c1. The number of hydrogen-bond donors (Lipinski definition) is 4. The van der Waals surface area contributed by atoms with Crippen LogP contribution in [0.3, 0.4) is 0 Å². The summed E-state index contributed by atoms with van der Waals surface area (Å²) in [6, 6.07) is 3.13. The number of fused-ring (bicyclic) bond motifs is 2. The molecule has 4 aromatic rings. The van der Waals surface area contributed by atoms with Gasteiger partial charge in [0.1, 0.15) is 28.4 Å². The molecule has 11 nitrogen and oxygen atoms in total. The zero-order chi connectivity index (χ0) is 29.5. The van der Waals surface area contributed by atoms with Gasteiger partial charge in [-0.2, -0.15) is 4.98 Å². The second kappa shape index (κ2) is 12.9. The average Bonchev–Trinajstić information content (AvgIpc) is 2.87. The molecule has 0 fully saturated rings. The van der Waals surface area contributed by atoms with Crippen LogP contribution >= 0.6 is 0 Å². The van der Waals surface area contributed by atoms with E-state index in [0.717, 1.165) is 48.7 Å². The standard InChI is InChI=1S/C15H22FN5O.C13H18N4O/c1-3-4-5-6-15(2,9-22)21-13-12-11(19-14(17)20-13)7-10(16)8-18-12;1-8-15-10-6-9(18-5)7-14-11(10)12(16-8)17-13(2,3)4/h7-8,22H,3-6,9H2,1-2H3,(H3,17,19,20,21);6-7H,1-5H3,(H,15,16,17)/t15-;/m0./s1. The number of methoxy groups -OCH3 is 1. The fourth-order valence-electron chi connectivity index (χ4n) is 4.00. The van der Waals surface area contributed by atoms with E-state index in [9.17, 15) is 9.50 Å². The van der Waals surface area contributed by atoms with E-state index in [4.69, 9.17) is 10.5 Å². The number of anilines is 3. The summed E-state index contributed by atoms with van der Waals surface area (Å²) in [5.41, 5.74) is 7.38. The Morgan fingerprint density at radius 1 is 0.925 bits per heavy atom. The van der Waals surface area contributed by atoms with Crippen molar-refractivity contribution in [1.82, 2.24) is 29.9 Å². The summed E-state index contributed by atoms with van der Waals surface area (Å²) in [4.78, 5) is 25.3. The summed E-state index contributed by atoms with van der Waals surface area (Å²) < 4.78 is 18.4. The van der Waals surface area contributed by atoms with Gasteiger partial charge in [0.25, 0.3) is 0 Å². The Morgan fingerprint density at radius 2 is 1.57 bits per heavy atom. The van der Waals surface area contributed by atoms with Gasteiger partial charge in [0.2, 0.25) is 5.95 Å². The number of ether oxygens (including phenoxy) is 1. The topological polar surface area (TPSA) is 157 Å². The van der Waals surface area contributed by atoms with Crippen LogP contribution in [0.1, 0.15) is 66.1 Å². The van der Waals surface area contributed by atoms with Crippen LogP contribution < -0.4 is 21.1 Å². The van der Waals surface area contributed by atoms with Crippen LogP contribution in [0.2, 0.25) is 0 Å². The Labute approximate surface area is 234 Å². The Kier molecular flexibility index (Phi) is 9.91. The number of halogens is 1. The second-order valence-corrected chi connectivity index (χ2v) is 11.0. The van der Waals surface area contributed by atoms with E-state index in [2.05, 4.69) is 68.2 Å². The molecule has 0 amide bonds. The minimum Gasteiger partial charge on any atom is -0.495 e. The lowest BCUT2D eigenvalue weighted by molar-refractivity contribution is 0.211. The van der Waals surface area contributed by atoms with Crippen molar-refractivity contribution in [3.8, 4) is 5.75 Å². The van der Waals surface area contributed by atoms with Gasteiger partial charge in [-0.25, -0.2) is 29.3 Å². The van der Waals surface area contributed by atoms with Crippen LogP contribution in [0, 0.1) is 12.7 Å². The number of rotatable bonds is 9. The Balaban J connectivity index is 0.000000225. The summed E-state index contributed by atoms with van der Waals surface area (Å²) in [6.45, 7) is 12.1. The Morgan fingerprint density at radius 3 is 2.20 bits per heavy atom.